The summed E-state index contributed by atoms with van der Waals surface area (Å²) in [5.41, 5.74) is 0.414. The molecule has 0 amide bonds. The van der Waals surface area contributed by atoms with Crippen LogP contribution in [0.15, 0.2) is 29.3 Å². The van der Waals surface area contributed by atoms with Crippen LogP contribution in [0.25, 0.3) is 0 Å². The van der Waals surface area contributed by atoms with Crippen molar-refractivity contribution in [3.63, 3.8) is 0 Å². The zero-order valence-electron chi connectivity index (χ0n) is 15.1. The predicted octanol–water partition coefficient (Wildman–Crippen LogP) is -0.354. The van der Waals surface area contributed by atoms with Gasteiger partial charge in [-0.05, 0) is 12.1 Å². The number of hydrogen-bond acceptors (Lipinski definition) is 8. The van der Waals surface area contributed by atoms with Gasteiger partial charge in [-0.1, -0.05) is 12.1 Å². The molecule has 1 atom stereocenters. The number of aliphatic hydroxyl groups excluding tert-OH is 1. The Morgan fingerprint density at radius 3 is 2.85 bits per heavy atom. The van der Waals surface area contributed by atoms with Crippen molar-refractivity contribution >= 4 is 5.84 Å². The first kappa shape index (κ1) is 20.6. The highest BCUT2D eigenvalue weighted by molar-refractivity contribution is 5.84. The van der Waals surface area contributed by atoms with E-state index in [1.165, 1.54) is 0 Å². The van der Waals surface area contributed by atoms with Gasteiger partial charge in [-0.3, -0.25) is 10.2 Å². The number of aliphatic hydroxyl groups is 1. The maximum Gasteiger partial charge on any atom is 0.207 e. The van der Waals surface area contributed by atoms with Crippen LogP contribution in [0, 0.1) is 22.8 Å². The van der Waals surface area contributed by atoms with Crippen molar-refractivity contribution in [2.24, 2.45) is 4.99 Å². The number of nitrogens with one attached hydrogen (secondary N) is 2. The molecule has 0 spiro atoms. The monoisotopic (exact) mass is 372 g/mol. The lowest BCUT2D eigenvalue weighted by Crippen LogP contribution is -2.45. The summed E-state index contributed by atoms with van der Waals surface area (Å²) in [4.78, 5) is 5.95. The van der Waals surface area contributed by atoms with Crippen LogP contribution in [0.3, 0.4) is 0 Å². The number of aliphatic imine (C=N–C) groups is 1. The minimum atomic E-state index is -0.820. The number of nitrogens with zero attached hydrogens (tertiary/aromatic N) is 4. The summed E-state index contributed by atoms with van der Waals surface area (Å²) in [6.07, 6.45) is 0.936. The molecule has 0 saturated carbocycles. The van der Waals surface area contributed by atoms with E-state index < -0.39 is 6.10 Å². The molecule has 1 aliphatic heterocycles. The lowest BCUT2D eigenvalue weighted by atomic mass is 10.2. The molecule has 0 radical (unpaired) electrons. The Kier molecular flexibility index (Phi) is 9.04. The first-order chi connectivity index (χ1) is 13.2. The molecule has 0 aromatic heterocycles. The fourth-order valence-corrected chi connectivity index (χ4v) is 2.46. The molecule has 2 rings (SSSR count). The molecule has 1 aromatic carbocycles. The minimum absolute atomic E-state index is 0.0206. The summed E-state index contributed by atoms with van der Waals surface area (Å²) in [6, 6.07) is 8.88. The third-order valence-corrected chi connectivity index (χ3v) is 3.90. The quantitative estimate of drug-likeness (QED) is 0.305. The fourth-order valence-electron chi connectivity index (χ4n) is 2.46. The number of ether oxygens (including phenoxy) is 2. The van der Waals surface area contributed by atoms with Crippen LogP contribution in [0.4, 0.5) is 0 Å². The average Bonchev–Trinajstić information content (AvgIpc) is 2.71. The number of hydrogen-bond donors (Lipinski definition) is 3. The summed E-state index contributed by atoms with van der Waals surface area (Å²) >= 11 is 0. The van der Waals surface area contributed by atoms with Gasteiger partial charge < -0.3 is 19.9 Å². The first-order valence-corrected chi connectivity index (χ1v) is 8.73. The highest BCUT2D eigenvalue weighted by Gasteiger charge is 2.11. The molecule has 1 heterocycles. The van der Waals surface area contributed by atoms with E-state index in [1.807, 2.05) is 6.07 Å². The lowest BCUT2D eigenvalue weighted by molar-refractivity contribution is 0.0348. The Morgan fingerprint density at radius 1 is 1.33 bits per heavy atom. The van der Waals surface area contributed by atoms with Crippen molar-refractivity contribution in [2.75, 3.05) is 52.7 Å². The van der Waals surface area contributed by atoms with Crippen LogP contribution >= 0.6 is 0 Å². The van der Waals surface area contributed by atoms with Gasteiger partial charge in [0.15, 0.2) is 0 Å². The van der Waals surface area contributed by atoms with Crippen molar-refractivity contribution < 1.29 is 14.6 Å². The van der Waals surface area contributed by atoms with E-state index in [0.717, 1.165) is 26.3 Å². The number of nitriles is 2. The largest absolute Gasteiger partial charge is 0.489 e. The van der Waals surface area contributed by atoms with Gasteiger partial charge in [0.25, 0.3) is 0 Å². The second kappa shape index (κ2) is 11.8. The average molecular weight is 372 g/mol. The zero-order valence-corrected chi connectivity index (χ0v) is 15.1. The van der Waals surface area contributed by atoms with E-state index in [-0.39, 0.29) is 13.2 Å². The van der Waals surface area contributed by atoms with Crippen LogP contribution in [0.1, 0.15) is 5.56 Å². The van der Waals surface area contributed by atoms with Crippen molar-refractivity contribution in [1.29, 1.82) is 10.5 Å². The molecule has 9 nitrogen and oxygen atoms in total. The van der Waals surface area contributed by atoms with Gasteiger partial charge in [0.2, 0.25) is 6.19 Å². The summed E-state index contributed by atoms with van der Waals surface area (Å²) < 4.78 is 10.8. The number of morpholine rings is 1. The van der Waals surface area contributed by atoms with Crippen molar-refractivity contribution in [3.05, 3.63) is 29.8 Å². The Morgan fingerprint density at radius 2 is 2.11 bits per heavy atom. The minimum Gasteiger partial charge on any atom is -0.489 e. The van der Waals surface area contributed by atoms with Crippen LogP contribution in [0.5, 0.6) is 5.75 Å². The molecule has 27 heavy (non-hydrogen) atoms. The zero-order chi connectivity index (χ0) is 19.3. The second-order valence-electron chi connectivity index (χ2n) is 5.93. The smallest absolute Gasteiger partial charge is 0.207 e. The fraction of sp³-hybridized carbons (Fsp3) is 0.500. The van der Waals surface area contributed by atoms with Crippen LogP contribution in [0.2, 0.25) is 0 Å². The Bertz CT molecular complexity index is 691. The first-order valence-electron chi connectivity index (χ1n) is 8.73. The van der Waals surface area contributed by atoms with Crippen molar-refractivity contribution in [2.45, 2.75) is 6.10 Å². The number of amidine groups is 1. The molecule has 9 heteroatoms. The molecule has 0 aliphatic carbocycles. The maximum absolute atomic E-state index is 10.1. The topological polar surface area (TPSA) is 126 Å². The highest BCUT2D eigenvalue weighted by Crippen LogP contribution is 2.16. The van der Waals surface area contributed by atoms with Crippen LogP contribution < -0.4 is 15.4 Å². The van der Waals surface area contributed by atoms with Gasteiger partial charge >= 0.3 is 0 Å². The van der Waals surface area contributed by atoms with E-state index in [0.29, 0.717) is 30.4 Å². The normalized spacial score (nSPS) is 16.2. The van der Waals surface area contributed by atoms with Gasteiger partial charge in [0, 0.05) is 26.3 Å². The van der Waals surface area contributed by atoms with E-state index in [9.17, 15) is 5.11 Å². The molecule has 144 valence electrons. The molecule has 1 aromatic rings. The van der Waals surface area contributed by atoms with Gasteiger partial charge in [-0.25, -0.2) is 0 Å². The number of benzene rings is 1. The Hall–Kier alpha value is -2.69. The van der Waals surface area contributed by atoms with Gasteiger partial charge in [0.1, 0.15) is 30.4 Å². The standard InChI is InChI=1S/C18H24N6O3/c19-9-15-3-1-2-4-17(15)27-12-16(25)10-22-18(23-13-20)11-21-14-24-5-7-26-8-6-24/h1-4,16,21,25H,5-8,10-12,14H2,(H,22,23). The molecule has 1 fully saturated rings. The third kappa shape index (κ3) is 7.60. The third-order valence-electron chi connectivity index (χ3n) is 3.90. The molecule has 1 unspecified atom stereocenters. The second-order valence-corrected chi connectivity index (χ2v) is 5.93. The summed E-state index contributed by atoms with van der Waals surface area (Å²) in [6.45, 7) is 4.43. The summed E-state index contributed by atoms with van der Waals surface area (Å²) in [7, 11) is 0. The molecular formula is C18H24N6O3. The molecule has 0 bridgehead atoms. The van der Waals surface area contributed by atoms with Crippen molar-refractivity contribution in [1.82, 2.24) is 15.5 Å². The summed E-state index contributed by atoms with van der Waals surface area (Å²) in [5, 5.41) is 34.1. The number of para-hydroxylation sites is 1. The van der Waals surface area contributed by atoms with Crippen LogP contribution in [-0.4, -0.2) is 74.6 Å². The van der Waals surface area contributed by atoms with E-state index in [2.05, 4.69) is 20.5 Å². The van der Waals surface area contributed by atoms with Gasteiger partial charge in [-0.2, -0.15) is 15.5 Å². The molecule has 1 aliphatic rings. The van der Waals surface area contributed by atoms with E-state index in [1.54, 1.807) is 30.5 Å². The highest BCUT2D eigenvalue weighted by atomic mass is 16.5. The number of rotatable bonds is 9. The van der Waals surface area contributed by atoms with E-state index in [4.69, 9.17) is 20.0 Å². The Balaban J connectivity index is 1.70. The predicted molar refractivity (Wildman–Crippen MR) is 99.0 cm³/mol. The molecule has 3 N–H and O–H groups in total. The molecular weight excluding hydrogens is 348 g/mol. The van der Waals surface area contributed by atoms with Crippen LogP contribution in [-0.2, 0) is 4.74 Å². The van der Waals surface area contributed by atoms with Crippen molar-refractivity contribution in [3.8, 4) is 18.0 Å². The Labute approximate surface area is 158 Å². The lowest BCUT2D eigenvalue weighted by Gasteiger charge is -2.26. The summed E-state index contributed by atoms with van der Waals surface area (Å²) in [5.74, 6) is 0.874. The van der Waals surface area contributed by atoms with Gasteiger partial charge in [-0.15, -0.1) is 0 Å². The molecule has 1 saturated heterocycles. The van der Waals surface area contributed by atoms with E-state index >= 15 is 0 Å². The van der Waals surface area contributed by atoms with Gasteiger partial charge in [0.05, 0.1) is 25.3 Å². The maximum atomic E-state index is 10.1. The SMILES string of the molecule is N#CN=C(CNCN1CCOCC1)NCC(O)COc1ccccc1C#N.